The highest BCUT2D eigenvalue weighted by molar-refractivity contribution is 9.08. The van der Waals surface area contributed by atoms with E-state index in [9.17, 15) is 22.4 Å². The van der Waals surface area contributed by atoms with Crippen LogP contribution in [0, 0.1) is 5.95 Å². The van der Waals surface area contributed by atoms with Gasteiger partial charge < -0.3 is 4.74 Å². The van der Waals surface area contributed by atoms with Crippen molar-refractivity contribution in [2.24, 2.45) is 0 Å². The zero-order valence-corrected chi connectivity index (χ0v) is 9.10. The molecule has 0 saturated carbocycles. The predicted octanol–water partition coefficient (Wildman–Crippen LogP) is 2.83. The Bertz CT molecular complexity index is 408. The number of halogens is 5. The van der Waals surface area contributed by atoms with Crippen molar-refractivity contribution in [3.05, 3.63) is 23.3 Å². The molecule has 0 bridgehead atoms. The van der Waals surface area contributed by atoms with Gasteiger partial charge in [-0.1, -0.05) is 15.9 Å². The molecule has 0 aliphatic heterocycles. The van der Waals surface area contributed by atoms with E-state index < -0.39 is 23.8 Å². The van der Waals surface area contributed by atoms with E-state index in [1.54, 1.807) is 0 Å². The predicted molar refractivity (Wildman–Crippen MR) is 48.9 cm³/mol. The Morgan fingerprint density at radius 1 is 1.50 bits per heavy atom. The standard InChI is InChI=1S/C8H4BrF4NO2/c9-2-4-1-6(16-8(11,12)13)5(3-15)14-7(4)10/h1,3H,2H2. The summed E-state index contributed by atoms with van der Waals surface area (Å²) in [5.74, 6) is -1.84. The van der Waals surface area contributed by atoms with Crippen LogP contribution in [0.3, 0.4) is 0 Å². The molecule has 0 spiro atoms. The van der Waals surface area contributed by atoms with E-state index >= 15 is 0 Å². The lowest BCUT2D eigenvalue weighted by Gasteiger charge is -2.11. The van der Waals surface area contributed by atoms with Crippen LogP contribution < -0.4 is 4.74 Å². The quantitative estimate of drug-likeness (QED) is 0.373. The minimum atomic E-state index is -4.96. The van der Waals surface area contributed by atoms with Crippen molar-refractivity contribution in [3.63, 3.8) is 0 Å². The highest BCUT2D eigenvalue weighted by atomic mass is 79.9. The molecule has 0 aromatic carbocycles. The Morgan fingerprint density at radius 3 is 2.56 bits per heavy atom. The molecular weight excluding hydrogens is 298 g/mol. The second kappa shape index (κ2) is 4.77. The topological polar surface area (TPSA) is 39.2 Å². The molecular formula is C8H4BrF4NO2. The maximum atomic E-state index is 13.0. The normalized spacial score (nSPS) is 11.3. The number of ether oxygens (including phenoxy) is 1. The van der Waals surface area contributed by atoms with Crippen LogP contribution in [0.4, 0.5) is 17.6 Å². The van der Waals surface area contributed by atoms with Gasteiger partial charge in [-0.3, -0.25) is 4.79 Å². The van der Waals surface area contributed by atoms with Crippen LogP contribution in [0.15, 0.2) is 6.07 Å². The summed E-state index contributed by atoms with van der Waals surface area (Å²) in [6.07, 6.45) is -4.97. The summed E-state index contributed by atoms with van der Waals surface area (Å²) in [5, 5.41) is -0.0425. The molecule has 0 fully saturated rings. The summed E-state index contributed by atoms with van der Waals surface area (Å²) in [5.41, 5.74) is -0.871. The molecule has 0 radical (unpaired) electrons. The van der Waals surface area contributed by atoms with Gasteiger partial charge in [0.2, 0.25) is 5.95 Å². The number of aldehydes is 1. The fraction of sp³-hybridized carbons (Fsp3) is 0.250. The fourth-order valence-electron chi connectivity index (χ4n) is 0.909. The Balaban J connectivity index is 3.20. The third-order valence-corrected chi connectivity index (χ3v) is 2.13. The second-order valence-electron chi connectivity index (χ2n) is 2.62. The van der Waals surface area contributed by atoms with Crippen LogP contribution >= 0.6 is 15.9 Å². The second-order valence-corrected chi connectivity index (χ2v) is 3.18. The molecule has 1 heterocycles. The van der Waals surface area contributed by atoms with Gasteiger partial charge >= 0.3 is 6.36 Å². The summed E-state index contributed by atoms with van der Waals surface area (Å²) in [6, 6.07) is 0.772. The molecule has 8 heteroatoms. The summed E-state index contributed by atoms with van der Waals surface area (Å²) >= 11 is 2.86. The summed E-state index contributed by atoms with van der Waals surface area (Å²) in [7, 11) is 0. The molecule has 0 N–H and O–H groups in total. The van der Waals surface area contributed by atoms with Crippen LogP contribution in [0.5, 0.6) is 5.75 Å². The molecule has 1 aromatic rings. The molecule has 0 aliphatic rings. The van der Waals surface area contributed by atoms with E-state index in [0.717, 1.165) is 6.07 Å². The van der Waals surface area contributed by atoms with Crippen molar-refractivity contribution >= 4 is 22.2 Å². The van der Waals surface area contributed by atoms with Crippen molar-refractivity contribution in [1.82, 2.24) is 4.98 Å². The minimum absolute atomic E-state index is 0.0117. The maximum absolute atomic E-state index is 13.0. The molecule has 0 aliphatic carbocycles. The number of aromatic nitrogens is 1. The molecule has 88 valence electrons. The van der Waals surface area contributed by atoms with Crippen molar-refractivity contribution in [3.8, 4) is 5.75 Å². The van der Waals surface area contributed by atoms with E-state index in [2.05, 4.69) is 25.7 Å². The van der Waals surface area contributed by atoms with Crippen molar-refractivity contribution in [2.45, 2.75) is 11.7 Å². The Labute approximate surface area is 95.6 Å². The van der Waals surface area contributed by atoms with Crippen LogP contribution in [-0.2, 0) is 5.33 Å². The Kier molecular flexibility index (Phi) is 3.84. The number of nitrogens with zero attached hydrogens (tertiary/aromatic N) is 1. The van der Waals surface area contributed by atoms with Gasteiger partial charge in [0.25, 0.3) is 0 Å². The molecule has 0 atom stereocenters. The molecule has 1 rings (SSSR count). The fourth-order valence-corrected chi connectivity index (χ4v) is 1.30. The van der Waals surface area contributed by atoms with Crippen LogP contribution in [0.25, 0.3) is 0 Å². The smallest absolute Gasteiger partial charge is 0.403 e. The van der Waals surface area contributed by atoms with E-state index in [0.29, 0.717) is 0 Å². The van der Waals surface area contributed by atoms with E-state index in [-0.39, 0.29) is 17.2 Å². The lowest BCUT2D eigenvalue weighted by molar-refractivity contribution is -0.274. The van der Waals surface area contributed by atoms with Crippen LogP contribution in [0.1, 0.15) is 16.1 Å². The first kappa shape index (κ1) is 12.9. The Morgan fingerprint density at radius 2 is 2.12 bits per heavy atom. The van der Waals surface area contributed by atoms with Crippen molar-refractivity contribution < 1.29 is 27.1 Å². The van der Waals surface area contributed by atoms with Crippen LogP contribution in [0.2, 0.25) is 0 Å². The molecule has 3 nitrogen and oxygen atoms in total. The molecule has 0 saturated heterocycles. The number of carbonyl (C=O) groups is 1. The van der Waals surface area contributed by atoms with Gasteiger partial charge in [-0.15, -0.1) is 13.2 Å². The first-order valence-electron chi connectivity index (χ1n) is 3.83. The van der Waals surface area contributed by atoms with Gasteiger partial charge in [-0.25, -0.2) is 4.98 Å². The van der Waals surface area contributed by atoms with Gasteiger partial charge in [-0.05, 0) is 6.07 Å². The zero-order valence-electron chi connectivity index (χ0n) is 7.52. The number of alkyl halides is 4. The molecule has 0 unspecified atom stereocenters. The molecule has 1 aromatic heterocycles. The third-order valence-electron chi connectivity index (χ3n) is 1.52. The summed E-state index contributed by atoms with van der Waals surface area (Å²) in [4.78, 5) is 13.4. The first-order chi connectivity index (χ1) is 7.37. The third kappa shape index (κ3) is 3.16. The maximum Gasteiger partial charge on any atom is 0.573 e. The average Bonchev–Trinajstić information content (AvgIpc) is 2.18. The monoisotopic (exact) mass is 301 g/mol. The van der Waals surface area contributed by atoms with E-state index in [1.165, 1.54) is 0 Å². The highest BCUT2D eigenvalue weighted by Crippen LogP contribution is 2.27. The van der Waals surface area contributed by atoms with Gasteiger partial charge in [-0.2, -0.15) is 4.39 Å². The molecule has 16 heavy (non-hydrogen) atoms. The number of hydrogen-bond acceptors (Lipinski definition) is 3. The average molecular weight is 302 g/mol. The first-order valence-corrected chi connectivity index (χ1v) is 4.96. The summed E-state index contributed by atoms with van der Waals surface area (Å²) < 4.78 is 52.3. The number of hydrogen-bond donors (Lipinski definition) is 0. The summed E-state index contributed by atoms with van der Waals surface area (Å²) in [6.45, 7) is 0. The van der Waals surface area contributed by atoms with Gasteiger partial charge in [0.15, 0.2) is 12.0 Å². The number of rotatable bonds is 3. The molecule has 0 amide bonds. The van der Waals surface area contributed by atoms with Crippen molar-refractivity contribution in [2.75, 3.05) is 0 Å². The lowest BCUT2D eigenvalue weighted by atomic mass is 10.2. The van der Waals surface area contributed by atoms with E-state index in [1.807, 2.05) is 0 Å². The largest absolute Gasteiger partial charge is 0.573 e. The highest BCUT2D eigenvalue weighted by Gasteiger charge is 2.33. The number of carbonyl (C=O) groups excluding carboxylic acids is 1. The number of pyridine rings is 1. The van der Waals surface area contributed by atoms with Gasteiger partial charge in [0, 0.05) is 10.9 Å². The Hall–Kier alpha value is -1.18. The van der Waals surface area contributed by atoms with Crippen LogP contribution in [-0.4, -0.2) is 17.6 Å². The van der Waals surface area contributed by atoms with E-state index in [4.69, 9.17) is 0 Å². The minimum Gasteiger partial charge on any atom is -0.403 e. The van der Waals surface area contributed by atoms with Gasteiger partial charge in [0.1, 0.15) is 5.69 Å². The SMILES string of the molecule is O=Cc1nc(F)c(CBr)cc1OC(F)(F)F. The zero-order chi connectivity index (χ0) is 12.3. The van der Waals surface area contributed by atoms with Crippen molar-refractivity contribution in [1.29, 1.82) is 0 Å². The lowest BCUT2D eigenvalue weighted by Crippen LogP contribution is -2.19. The van der Waals surface area contributed by atoms with Gasteiger partial charge in [0.05, 0.1) is 0 Å².